The Kier molecular flexibility index (Phi) is 5.05. The molecule has 0 aliphatic rings. The van der Waals surface area contributed by atoms with Gasteiger partial charge in [0, 0.05) is 30.1 Å². The van der Waals surface area contributed by atoms with Crippen molar-refractivity contribution in [3.8, 4) is 0 Å². The predicted molar refractivity (Wildman–Crippen MR) is 99.5 cm³/mol. The van der Waals surface area contributed by atoms with Gasteiger partial charge in [-0.15, -0.1) is 0 Å². The lowest BCUT2D eigenvalue weighted by Crippen LogP contribution is -2.26. The van der Waals surface area contributed by atoms with E-state index in [1.807, 2.05) is 53.2 Å². The van der Waals surface area contributed by atoms with Crippen LogP contribution in [0.3, 0.4) is 0 Å². The van der Waals surface area contributed by atoms with E-state index >= 15 is 0 Å². The summed E-state index contributed by atoms with van der Waals surface area (Å²) in [6.45, 7) is 2.05. The van der Waals surface area contributed by atoms with Crippen LogP contribution in [0, 0.1) is 0 Å². The average Bonchev–Trinajstić information content (AvgIpc) is 2.98. The van der Waals surface area contributed by atoms with Crippen molar-refractivity contribution in [2.24, 2.45) is 0 Å². The number of anilines is 1. The maximum absolute atomic E-state index is 12.3. The van der Waals surface area contributed by atoms with Gasteiger partial charge in [0.25, 0.3) is 0 Å². The Hall–Kier alpha value is -2.79. The zero-order valence-corrected chi connectivity index (χ0v) is 14.5. The second-order valence-corrected chi connectivity index (χ2v) is 6.14. The van der Waals surface area contributed by atoms with E-state index in [0.29, 0.717) is 11.6 Å². The number of amides is 2. The number of rotatable bonds is 5. The molecule has 0 fully saturated rings. The standard InChI is InChI=1S/C19H18ClN3O2/c1-13(24)22-17-7-4-8-18-15(17)9-10-23(18)12-19(25)21-11-14-5-2-3-6-16(14)20/h2-10H,11-12H2,1H3,(H,21,25)(H,22,24). The van der Waals surface area contributed by atoms with Gasteiger partial charge in [-0.05, 0) is 29.8 Å². The maximum Gasteiger partial charge on any atom is 0.240 e. The first-order valence-electron chi connectivity index (χ1n) is 7.90. The normalized spacial score (nSPS) is 10.6. The second kappa shape index (κ2) is 7.40. The second-order valence-electron chi connectivity index (χ2n) is 5.73. The minimum Gasteiger partial charge on any atom is -0.350 e. The van der Waals surface area contributed by atoms with Gasteiger partial charge >= 0.3 is 0 Å². The van der Waals surface area contributed by atoms with Gasteiger partial charge in [-0.25, -0.2) is 0 Å². The molecule has 25 heavy (non-hydrogen) atoms. The quantitative estimate of drug-likeness (QED) is 0.735. The van der Waals surface area contributed by atoms with Crippen molar-refractivity contribution in [3.63, 3.8) is 0 Å². The molecule has 0 bridgehead atoms. The van der Waals surface area contributed by atoms with Gasteiger partial charge in [0.15, 0.2) is 0 Å². The summed E-state index contributed by atoms with van der Waals surface area (Å²) in [5.74, 6) is -0.236. The first kappa shape index (κ1) is 17.0. The highest BCUT2D eigenvalue weighted by molar-refractivity contribution is 6.31. The summed E-state index contributed by atoms with van der Waals surface area (Å²) in [6.07, 6.45) is 1.84. The van der Waals surface area contributed by atoms with Crippen molar-refractivity contribution in [2.75, 3.05) is 5.32 Å². The topological polar surface area (TPSA) is 63.1 Å². The fourth-order valence-corrected chi connectivity index (χ4v) is 2.91. The molecule has 0 saturated heterocycles. The first-order valence-corrected chi connectivity index (χ1v) is 8.28. The molecule has 3 rings (SSSR count). The Labute approximate surface area is 150 Å². The van der Waals surface area contributed by atoms with Gasteiger partial charge in [0.05, 0.1) is 11.2 Å². The van der Waals surface area contributed by atoms with E-state index in [1.165, 1.54) is 6.92 Å². The summed E-state index contributed by atoms with van der Waals surface area (Å²) in [6, 6.07) is 14.9. The summed E-state index contributed by atoms with van der Waals surface area (Å²) in [4.78, 5) is 23.6. The maximum atomic E-state index is 12.3. The minimum absolute atomic E-state index is 0.109. The van der Waals surface area contributed by atoms with Crippen molar-refractivity contribution in [3.05, 3.63) is 65.3 Å². The molecule has 0 saturated carbocycles. The van der Waals surface area contributed by atoms with Gasteiger partial charge in [0.2, 0.25) is 11.8 Å². The van der Waals surface area contributed by atoms with Crippen LogP contribution in [0.1, 0.15) is 12.5 Å². The smallest absolute Gasteiger partial charge is 0.240 e. The van der Waals surface area contributed by atoms with E-state index < -0.39 is 0 Å². The monoisotopic (exact) mass is 355 g/mol. The number of hydrogen-bond donors (Lipinski definition) is 2. The largest absolute Gasteiger partial charge is 0.350 e. The van der Waals surface area contributed by atoms with Gasteiger partial charge in [-0.2, -0.15) is 0 Å². The average molecular weight is 356 g/mol. The minimum atomic E-state index is -0.127. The number of nitrogens with zero attached hydrogens (tertiary/aromatic N) is 1. The van der Waals surface area contributed by atoms with Crippen molar-refractivity contribution >= 4 is 40.0 Å². The summed E-state index contributed by atoms with van der Waals surface area (Å²) in [5.41, 5.74) is 2.50. The van der Waals surface area contributed by atoms with Crippen LogP contribution >= 0.6 is 11.6 Å². The van der Waals surface area contributed by atoms with Crippen LogP contribution in [0.15, 0.2) is 54.7 Å². The van der Waals surface area contributed by atoms with E-state index in [-0.39, 0.29) is 18.4 Å². The summed E-state index contributed by atoms with van der Waals surface area (Å²) in [5, 5.41) is 7.21. The summed E-state index contributed by atoms with van der Waals surface area (Å²) < 4.78 is 1.85. The first-order chi connectivity index (χ1) is 12.0. The van der Waals surface area contributed by atoms with Crippen LogP contribution in [0.2, 0.25) is 5.02 Å². The Morgan fingerprint density at radius 2 is 1.88 bits per heavy atom. The Morgan fingerprint density at radius 3 is 2.64 bits per heavy atom. The summed E-state index contributed by atoms with van der Waals surface area (Å²) >= 11 is 6.10. The molecule has 2 amide bonds. The molecule has 0 radical (unpaired) electrons. The number of hydrogen-bond acceptors (Lipinski definition) is 2. The SMILES string of the molecule is CC(=O)Nc1cccc2c1ccn2CC(=O)NCc1ccccc1Cl. The van der Waals surface area contributed by atoms with Gasteiger partial charge < -0.3 is 15.2 Å². The van der Waals surface area contributed by atoms with Gasteiger partial charge in [0.1, 0.15) is 6.54 Å². The molecule has 2 aromatic carbocycles. The molecule has 128 valence electrons. The highest BCUT2D eigenvalue weighted by Gasteiger charge is 2.10. The fourth-order valence-electron chi connectivity index (χ4n) is 2.71. The van der Waals surface area contributed by atoms with E-state index in [9.17, 15) is 9.59 Å². The predicted octanol–water partition coefficient (Wildman–Crippen LogP) is 3.57. The Bertz CT molecular complexity index is 933. The Morgan fingerprint density at radius 1 is 1.08 bits per heavy atom. The molecule has 6 heteroatoms. The number of carbonyl (C=O) groups is 2. The number of carbonyl (C=O) groups excluding carboxylic acids is 2. The highest BCUT2D eigenvalue weighted by atomic mass is 35.5. The van der Waals surface area contributed by atoms with Crippen molar-refractivity contribution < 1.29 is 9.59 Å². The van der Waals surface area contributed by atoms with E-state index in [1.54, 1.807) is 6.07 Å². The number of halogens is 1. The molecule has 5 nitrogen and oxygen atoms in total. The van der Waals surface area contributed by atoms with Crippen LogP contribution in [0.4, 0.5) is 5.69 Å². The van der Waals surface area contributed by atoms with Crippen LogP contribution in [-0.2, 0) is 22.7 Å². The molecular weight excluding hydrogens is 338 g/mol. The molecule has 2 N–H and O–H groups in total. The molecule has 1 heterocycles. The van der Waals surface area contributed by atoms with Crippen molar-refractivity contribution in [1.82, 2.24) is 9.88 Å². The Balaban J connectivity index is 1.71. The zero-order valence-electron chi connectivity index (χ0n) is 13.8. The van der Waals surface area contributed by atoms with E-state index in [2.05, 4.69) is 10.6 Å². The lowest BCUT2D eigenvalue weighted by molar-refractivity contribution is -0.121. The van der Waals surface area contributed by atoms with Crippen molar-refractivity contribution in [2.45, 2.75) is 20.0 Å². The molecule has 0 atom stereocenters. The molecule has 0 aliphatic carbocycles. The number of aromatic nitrogens is 1. The van der Waals surface area contributed by atoms with Crippen LogP contribution < -0.4 is 10.6 Å². The summed E-state index contributed by atoms with van der Waals surface area (Å²) in [7, 11) is 0. The molecule has 3 aromatic rings. The molecule has 0 unspecified atom stereocenters. The van der Waals surface area contributed by atoms with E-state index in [4.69, 9.17) is 11.6 Å². The molecule has 1 aromatic heterocycles. The number of nitrogens with one attached hydrogen (secondary N) is 2. The van der Waals surface area contributed by atoms with Gasteiger partial charge in [-0.1, -0.05) is 35.9 Å². The van der Waals surface area contributed by atoms with Crippen LogP contribution in [-0.4, -0.2) is 16.4 Å². The molecular formula is C19H18ClN3O2. The highest BCUT2D eigenvalue weighted by Crippen LogP contribution is 2.24. The van der Waals surface area contributed by atoms with E-state index in [0.717, 1.165) is 22.2 Å². The number of fused-ring (bicyclic) bond motifs is 1. The van der Waals surface area contributed by atoms with Crippen LogP contribution in [0.5, 0.6) is 0 Å². The fraction of sp³-hybridized carbons (Fsp3) is 0.158. The lowest BCUT2D eigenvalue weighted by Gasteiger charge is -2.09. The van der Waals surface area contributed by atoms with Crippen LogP contribution in [0.25, 0.3) is 10.9 Å². The third-order valence-electron chi connectivity index (χ3n) is 3.87. The zero-order chi connectivity index (χ0) is 17.8. The third-order valence-corrected chi connectivity index (χ3v) is 4.24. The molecule has 0 aliphatic heterocycles. The lowest BCUT2D eigenvalue weighted by atomic mass is 10.2. The third kappa shape index (κ3) is 4.00. The van der Waals surface area contributed by atoms with Crippen molar-refractivity contribution in [1.29, 1.82) is 0 Å². The van der Waals surface area contributed by atoms with Gasteiger partial charge in [-0.3, -0.25) is 9.59 Å². The number of benzene rings is 2. The molecule has 0 spiro atoms.